The Hall–Kier alpha value is -2.15. The lowest BCUT2D eigenvalue weighted by atomic mass is 10.1. The Morgan fingerprint density at radius 1 is 1.29 bits per heavy atom. The predicted octanol–water partition coefficient (Wildman–Crippen LogP) is 2.42. The highest BCUT2D eigenvalue weighted by Gasteiger charge is 2.31. The Morgan fingerprint density at radius 3 is 2.67 bits per heavy atom. The van der Waals surface area contributed by atoms with Gasteiger partial charge in [-0.2, -0.15) is 5.10 Å². The van der Waals surface area contributed by atoms with Gasteiger partial charge < -0.3 is 10.1 Å². The van der Waals surface area contributed by atoms with E-state index in [0.717, 1.165) is 11.3 Å². The molecule has 0 bridgehead atoms. The molecule has 1 aliphatic heterocycles. The van der Waals surface area contributed by atoms with Gasteiger partial charge in [0.05, 0.1) is 22.7 Å². The first kappa shape index (κ1) is 16.7. The number of rotatable bonds is 4. The molecule has 1 amide bonds. The van der Waals surface area contributed by atoms with Crippen LogP contribution >= 0.6 is 0 Å². The average molecular weight is 347 g/mol. The Morgan fingerprint density at radius 2 is 2.00 bits per heavy atom. The van der Waals surface area contributed by atoms with Crippen molar-refractivity contribution in [3.8, 4) is 5.75 Å². The van der Waals surface area contributed by atoms with E-state index < -0.39 is 10.8 Å². The van der Waals surface area contributed by atoms with Gasteiger partial charge in [-0.15, -0.1) is 0 Å². The van der Waals surface area contributed by atoms with E-state index in [9.17, 15) is 9.00 Å². The van der Waals surface area contributed by atoms with Crippen LogP contribution in [-0.2, 0) is 32.6 Å². The molecule has 1 aromatic carbocycles. The largest absolute Gasteiger partial charge is 0.484 e. The fourth-order valence-electron chi connectivity index (χ4n) is 2.58. The van der Waals surface area contributed by atoms with Crippen LogP contribution in [0.25, 0.3) is 0 Å². The molecular formula is C17H21N3O3S. The highest BCUT2D eigenvalue weighted by Crippen LogP contribution is 2.32. The summed E-state index contributed by atoms with van der Waals surface area (Å²) in [5, 5.41) is 7.44. The van der Waals surface area contributed by atoms with Gasteiger partial charge in [0.2, 0.25) is 0 Å². The minimum absolute atomic E-state index is 0.0861. The average Bonchev–Trinajstić information content (AvgIpc) is 3.03. The topological polar surface area (TPSA) is 73.2 Å². The van der Waals surface area contributed by atoms with Crippen LogP contribution in [0.2, 0.25) is 0 Å². The van der Waals surface area contributed by atoms with Crippen LogP contribution in [0.4, 0.5) is 5.82 Å². The zero-order chi connectivity index (χ0) is 17.3. The number of benzene rings is 1. The molecule has 1 atom stereocenters. The van der Waals surface area contributed by atoms with Crippen molar-refractivity contribution in [3.63, 3.8) is 0 Å². The van der Waals surface area contributed by atoms with Crippen molar-refractivity contribution in [3.05, 3.63) is 41.6 Å². The summed E-state index contributed by atoms with van der Waals surface area (Å²) in [4.78, 5) is 12.3. The number of ether oxygens (including phenoxy) is 1. The monoisotopic (exact) mass is 347 g/mol. The van der Waals surface area contributed by atoms with Crippen molar-refractivity contribution < 1.29 is 13.7 Å². The summed E-state index contributed by atoms with van der Waals surface area (Å²) in [6.07, 6.45) is 0. The summed E-state index contributed by atoms with van der Waals surface area (Å²) in [7, 11) is -0.940. The first-order valence-corrected chi connectivity index (χ1v) is 9.27. The van der Waals surface area contributed by atoms with Crippen molar-refractivity contribution in [1.29, 1.82) is 0 Å². The number of carbonyl (C=O) groups is 1. The van der Waals surface area contributed by atoms with Crippen LogP contribution in [-0.4, -0.2) is 26.5 Å². The SMILES string of the molecule is CC(C)(C)n1nc2c(c1NC(=O)COc1ccccc1)CS(=O)C2. The third-order valence-electron chi connectivity index (χ3n) is 3.68. The molecule has 2 aromatic rings. The molecule has 0 saturated carbocycles. The maximum Gasteiger partial charge on any atom is 0.263 e. The maximum atomic E-state index is 12.3. The number of para-hydroxylation sites is 1. The van der Waals surface area contributed by atoms with Crippen LogP contribution < -0.4 is 10.1 Å². The van der Waals surface area contributed by atoms with Crippen LogP contribution in [0.3, 0.4) is 0 Å². The van der Waals surface area contributed by atoms with Crippen molar-refractivity contribution in [2.24, 2.45) is 0 Å². The maximum absolute atomic E-state index is 12.3. The van der Waals surface area contributed by atoms with Gasteiger partial charge >= 0.3 is 0 Å². The van der Waals surface area contributed by atoms with E-state index in [1.54, 1.807) is 16.8 Å². The van der Waals surface area contributed by atoms with Crippen molar-refractivity contribution in [2.45, 2.75) is 37.8 Å². The number of nitrogens with zero attached hydrogens (tertiary/aromatic N) is 2. The zero-order valence-corrected chi connectivity index (χ0v) is 14.9. The summed E-state index contributed by atoms with van der Waals surface area (Å²) in [6, 6.07) is 9.19. The van der Waals surface area contributed by atoms with E-state index in [1.807, 2.05) is 39.0 Å². The molecule has 2 heterocycles. The second-order valence-electron chi connectivity index (χ2n) is 6.73. The van der Waals surface area contributed by atoms with E-state index in [2.05, 4.69) is 10.4 Å². The lowest BCUT2D eigenvalue weighted by molar-refractivity contribution is -0.118. The lowest BCUT2D eigenvalue weighted by Gasteiger charge is -2.23. The Kier molecular flexibility index (Phi) is 4.45. The fraction of sp³-hybridized carbons (Fsp3) is 0.412. The van der Waals surface area contributed by atoms with E-state index >= 15 is 0 Å². The van der Waals surface area contributed by atoms with Gasteiger partial charge in [-0.3, -0.25) is 9.00 Å². The number of fused-ring (bicyclic) bond motifs is 1. The smallest absolute Gasteiger partial charge is 0.263 e. The van der Waals surface area contributed by atoms with Crippen LogP contribution in [0.1, 0.15) is 32.0 Å². The van der Waals surface area contributed by atoms with Gasteiger partial charge in [0.15, 0.2) is 6.61 Å². The van der Waals surface area contributed by atoms with Crippen LogP contribution in [0.5, 0.6) is 5.75 Å². The third-order valence-corrected chi connectivity index (χ3v) is 4.88. The highest BCUT2D eigenvalue weighted by molar-refractivity contribution is 7.83. The fourth-order valence-corrected chi connectivity index (χ4v) is 3.84. The quantitative estimate of drug-likeness (QED) is 0.922. The number of amides is 1. The molecule has 6 nitrogen and oxygen atoms in total. The van der Waals surface area contributed by atoms with Gasteiger partial charge in [0, 0.05) is 16.4 Å². The van der Waals surface area contributed by atoms with E-state index in [0.29, 0.717) is 23.1 Å². The van der Waals surface area contributed by atoms with Gasteiger partial charge in [0.25, 0.3) is 5.91 Å². The molecule has 0 fully saturated rings. The predicted molar refractivity (Wildman–Crippen MR) is 93.3 cm³/mol. The molecule has 1 unspecified atom stereocenters. The minimum atomic E-state index is -0.940. The second kappa shape index (κ2) is 6.39. The summed E-state index contributed by atoms with van der Waals surface area (Å²) in [6.45, 7) is 5.96. The lowest BCUT2D eigenvalue weighted by Crippen LogP contribution is -2.29. The Balaban J connectivity index is 1.76. The number of hydrogen-bond acceptors (Lipinski definition) is 4. The first-order chi connectivity index (χ1) is 11.3. The molecular weight excluding hydrogens is 326 g/mol. The van der Waals surface area contributed by atoms with Crippen molar-refractivity contribution >= 4 is 22.5 Å². The van der Waals surface area contributed by atoms with E-state index in [1.165, 1.54) is 0 Å². The highest BCUT2D eigenvalue weighted by atomic mass is 32.2. The summed E-state index contributed by atoms with van der Waals surface area (Å²) in [5.41, 5.74) is 1.40. The van der Waals surface area contributed by atoms with Crippen LogP contribution in [0.15, 0.2) is 30.3 Å². The zero-order valence-electron chi connectivity index (χ0n) is 14.0. The molecule has 0 aliphatic carbocycles. The second-order valence-corrected chi connectivity index (χ2v) is 8.19. The van der Waals surface area contributed by atoms with Crippen molar-refractivity contribution in [2.75, 3.05) is 11.9 Å². The number of aromatic nitrogens is 2. The molecule has 1 aliphatic rings. The summed E-state index contributed by atoms with van der Waals surface area (Å²) >= 11 is 0. The first-order valence-electron chi connectivity index (χ1n) is 7.78. The van der Waals surface area contributed by atoms with E-state index in [-0.39, 0.29) is 18.1 Å². The summed E-state index contributed by atoms with van der Waals surface area (Å²) in [5.74, 6) is 1.89. The molecule has 7 heteroatoms. The van der Waals surface area contributed by atoms with Gasteiger partial charge in [-0.05, 0) is 32.9 Å². The molecule has 24 heavy (non-hydrogen) atoms. The molecule has 1 aromatic heterocycles. The van der Waals surface area contributed by atoms with Crippen molar-refractivity contribution in [1.82, 2.24) is 9.78 Å². The normalized spacial score (nSPS) is 16.7. The molecule has 1 N–H and O–H groups in total. The van der Waals surface area contributed by atoms with Gasteiger partial charge in [-0.1, -0.05) is 18.2 Å². The Bertz CT molecular complexity index is 778. The number of nitrogens with one attached hydrogen (secondary N) is 1. The Labute approximate surface area is 143 Å². The molecule has 128 valence electrons. The third kappa shape index (κ3) is 3.51. The van der Waals surface area contributed by atoms with Gasteiger partial charge in [-0.25, -0.2) is 4.68 Å². The molecule has 0 spiro atoms. The molecule has 0 radical (unpaired) electrons. The summed E-state index contributed by atoms with van der Waals surface area (Å²) < 4.78 is 19.1. The van der Waals surface area contributed by atoms with Crippen LogP contribution in [0, 0.1) is 0 Å². The molecule has 0 saturated heterocycles. The van der Waals surface area contributed by atoms with E-state index in [4.69, 9.17) is 4.74 Å². The number of carbonyl (C=O) groups excluding carboxylic acids is 1. The minimum Gasteiger partial charge on any atom is -0.484 e. The molecule has 3 rings (SSSR count). The standard InChI is InChI=1S/C17H21N3O3S/c1-17(2,3)20-16(13-10-24(22)11-14(13)19-20)18-15(21)9-23-12-7-5-4-6-8-12/h4-8H,9-11H2,1-3H3,(H,18,21). The number of hydrogen-bond donors (Lipinski definition) is 1. The van der Waals surface area contributed by atoms with Gasteiger partial charge in [0.1, 0.15) is 11.6 Å². The number of anilines is 1.